The van der Waals surface area contributed by atoms with Crippen LogP contribution >= 0.6 is 27.5 Å². The molecule has 128 valence electrons. The van der Waals surface area contributed by atoms with Crippen LogP contribution in [0.1, 0.15) is 6.92 Å². The number of sulfonamides is 1. The van der Waals surface area contributed by atoms with Crippen molar-refractivity contribution in [2.24, 2.45) is 0 Å². The van der Waals surface area contributed by atoms with Crippen LogP contribution in [0.3, 0.4) is 0 Å². The van der Waals surface area contributed by atoms with Gasteiger partial charge < -0.3 is 5.11 Å². The molecule has 0 aromatic heterocycles. The summed E-state index contributed by atoms with van der Waals surface area (Å²) in [5.74, 6) is -1.95. The van der Waals surface area contributed by atoms with Gasteiger partial charge in [-0.25, -0.2) is 17.6 Å². The Bertz CT molecular complexity index is 874. The minimum Gasteiger partial charge on any atom is -0.480 e. The second-order valence-electron chi connectivity index (χ2n) is 4.86. The zero-order valence-corrected chi connectivity index (χ0v) is 15.4. The Morgan fingerprint density at radius 3 is 2.33 bits per heavy atom. The molecular formula is C15H12BrClFNO4S. The van der Waals surface area contributed by atoms with Gasteiger partial charge in [0.2, 0.25) is 0 Å². The lowest BCUT2D eigenvalue weighted by Crippen LogP contribution is -2.43. The Hall–Kier alpha value is -1.64. The summed E-state index contributed by atoms with van der Waals surface area (Å²) in [6.07, 6.45) is 0. The van der Waals surface area contributed by atoms with Gasteiger partial charge in [0, 0.05) is 4.47 Å². The van der Waals surface area contributed by atoms with E-state index < -0.39 is 27.9 Å². The summed E-state index contributed by atoms with van der Waals surface area (Å²) < 4.78 is 40.2. The molecule has 0 amide bonds. The highest BCUT2D eigenvalue weighted by atomic mass is 79.9. The number of carboxylic acid groups (broad SMARTS) is 1. The molecule has 0 saturated heterocycles. The van der Waals surface area contributed by atoms with Crippen molar-refractivity contribution < 1.29 is 22.7 Å². The molecule has 2 aromatic carbocycles. The van der Waals surface area contributed by atoms with Crippen LogP contribution in [0.15, 0.2) is 51.8 Å². The normalized spacial score (nSPS) is 12.7. The molecule has 0 radical (unpaired) electrons. The van der Waals surface area contributed by atoms with E-state index >= 15 is 0 Å². The van der Waals surface area contributed by atoms with Crippen LogP contribution in [0, 0.1) is 5.82 Å². The van der Waals surface area contributed by atoms with Gasteiger partial charge in [-0.2, -0.15) is 0 Å². The van der Waals surface area contributed by atoms with Gasteiger partial charge in [0.15, 0.2) is 0 Å². The van der Waals surface area contributed by atoms with Gasteiger partial charge in [-0.3, -0.25) is 4.31 Å². The van der Waals surface area contributed by atoms with Crippen LogP contribution in [0.5, 0.6) is 0 Å². The average Bonchev–Trinajstić information content (AvgIpc) is 2.49. The van der Waals surface area contributed by atoms with Crippen molar-refractivity contribution in [3.05, 3.63) is 57.8 Å². The molecule has 1 unspecified atom stereocenters. The maximum Gasteiger partial charge on any atom is 0.327 e. The van der Waals surface area contributed by atoms with E-state index in [2.05, 4.69) is 15.9 Å². The lowest BCUT2D eigenvalue weighted by molar-refractivity contribution is -0.137. The summed E-state index contributed by atoms with van der Waals surface area (Å²) in [6, 6.07) is 7.09. The fourth-order valence-corrected chi connectivity index (χ4v) is 4.47. The van der Waals surface area contributed by atoms with Crippen LogP contribution in [0.4, 0.5) is 10.1 Å². The second kappa shape index (κ2) is 7.08. The zero-order valence-electron chi connectivity index (χ0n) is 12.3. The molecule has 1 N–H and O–H groups in total. The van der Waals surface area contributed by atoms with Gasteiger partial charge in [0.05, 0.1) is 15.6 Å². The van der Waals surface area contributed by atoms with E-state index in [1.165, 1.54) is 19.1 Å². The highest BCUT2D eigenvalue weighted by Crippen LogP contribution is 2.34. The van der Waals surface area contributed by atoms with Gasteiger partial charge >= 0.3 is 5.97 Å². The summed E-state index contributed by atoms with van der Waals surface area (Å²) in [4.78, 5) is 11.2. The van der Waals surface area contributed by atoms with Crippen molar-refractivity contribution in [3.8, 4) is 0 Å². The summed E-state index contributed by atoms with van der Waals surface area (Å²) in [5, 5.41) is 9.35. The molecule has 0 saturated carbocycles. The van der Waals surface area contributed by atoms with E-state index in [1.807, 2.05) is 0 Å². The van der Waals surface area contributed by atoms with Crippen LogP contribution in [-0.4, -0.2) is 25.5 Å². The monoisotopic (exact) mass is 435 g/mol. The predicted molar refractivity (Wildman–Crippen MR) is 92.3 cm³/mol. The first-order valence-electron chi connectivity index (χ1n) is 6.62. The van der Waals surface area contributed by atoms with Crippen molar-refractivity contribution in [3.63, 3.8) is 0 Å². The fraction of sp³-hybridized carbons (Fsp3) is 0.133. The van der Waals surface area contributed by atoms with Crippen molar-refractivity contribution in [1.82, 2.24) is 0 Å². The third kappa shape index (κ3) is 3.71. The van der Waals surface area contributed by atoms with E-state index in [-0.39, 0.29) is 15.6 Å². The third-order valence-corrected chi connectivity index (χ3v) is 5.92. The fourth-order valence-electron chi connectivity index (χ4n) is 2.03. The first-order chi connectivity index (χ1) is 11.1. The zero-order chi connectivity index (χ0) is 18.1. The van der Waals surface area contributed by atoms with Crippen LogP contribution < -0.4 is 4.31 Å². The maximum atomic E-state index is 13.1. The minimum absolute atomic E-state index is 0.0130. The minimum atomic E-state index is -4.26. The number of benzene rings is 2. The number of carbonyl (C=O) groups is 1. The van der Waals surface area contributed by atoms with Crippen molar-refractivity contribution in [2.45, 2.75) is 17.9 Å². The number of hydrogen-bond donors (Lipinski definition) is 1. The van der Waals surface area contributed by atoms with Gasteiger partial charge in [-0.05, 0) is 49.4 Å². The maximum absolute atomic E-state index is 13.1. The summed E-state index contributed by atoms with van der Waals surface area (Å²) in [5.41, 5.74) is 0.0130. The first kappa shape index (κ1) is 18.7. The SMILES string of the molecule is CC(C(=O)O)N(c1ccc(Br)cc1Cl)S(=O)(=O)c1ccc(F)cc1. The molecule has 0 fully saturated rings. The molecule has 9 heteroatoms. The Kier molecular flexibility index (Phi) is 5.52. The van der Waals surface area contributed by atoms with Crippen LogP contribution in [0.2, 0.25) is 5.02 Å². The molecule has 0 aliphatic carbocycles. The van der Waals surface area contributed by atoms with Gasteiger partial charge in [0.25, 0.3) is 10.0 Å². The average molecular weight is 437 g/mol. The quantitative estimate of drug-likeness (QED) is 0.771. The number of anilines is 1. The van der Waals surface area contributed by atoms with Crippen molar-refractivity contribution in [2.75, 3.05) is 4.31 Å². The number of rotatable bonds is 5. The molecular weight excluding hydrogens is 425 g/mol. The molecule has 2 aromatic rings. The van der Waals surface area contributed by atoms with E-state index in [9.17, 15) is 22.7 Å². The number of carboxylic acids is 1. The molecule has 0 bridgehead atoms. The smallest absolute Gasteiger partial charge is 0.327 e. The van der Waals surface area contributed by atoms with E-state index in [0.29, 0.717) is 8.78 Å². The second-order valence-corrected chi connectivity index (χ2v) is 8.00. The topological polar surface area (TPSA) is 74.7 Å². The molecule has 24 heavy (non-hydrogen) atoms. The Morgan fingerprint density at radius 1 is 1.25 bits per heavy atom. The van der Waals surface area contributed by atoms with Gasteiger partial charge in [-0.15, -0.1) is 0 Å². The molecule has 0 aliphatic heterocycles. The molecule has 0 spiro atoms. The van der Waals surface area contributed by atoms with Crippen molar-refractivity contribution in [1.29, 1.82) is 0 Å². The van der Waals surface area contributed by atoms with E-state index in [0.717, 1.165) is 24.3 Å². The highest BCUT2D eigenvalue weighted by Gasteiger charge is 2.34. The van der Waals surface area contributed by atoms with E-state index in [4.69, 9.17) is 11.6 Å². The summed E-state index contributed by atoms with van der Waals surface area (Å²) in [6.45, 7) is 1.22. The number of hydrogen-bond acceptors (Lipinski definition) is 3. The summed E-state index contributed by atoms with van der Waals surface area (Å²) >= 11 is 9.31. The number of aliphatic carboxylic acids is 1. The van der Waals surface area contributed by atoms with Crippen LogP contribution in [-0.2, 0) is 14.8 Å². The van der Waals surface area contributed by atoms with Gasteiger partial charge in [0.1, 0.15) is 11.9 Å². The Morgan fingerprint density at radius 2 is 1.83 bits per heavy atom. The number of halogens is 3. The van der Waals surface area contributed by atoms with Crippen LogP contribution in [0.25, 0.3) is 0 Å². The predicted octanol–water partition coefficient (Wildman–Crippen LogP) is 3.91. The summed E-state index contributed by atoms with van der Waals surface area (Å²) in [7, 11) is -4.26. The molecule has 0 heterocycles. The highest BCUT2D eigenvalue weighted by molar-refractivity contribution is 9.10. The molecule has 2 rings (SSSR count). The third-order valence-electron chi connectivity index (χ3n) is 3.23. The largest absolute Gasteiger partial charge is 0.480 e. The molecule has 1 atom stereocenters. The Labute approximate surface area is 151 Å². The molecule has 0 aliphatic rings. The van der Waals surface area contributed by atoms with E-state index in [1.54, 1.807) is 6.07 Å². The Balaban J connectivity index is 2.66. The number of nitrogens with zero attached hydrogens (tertiary/aromatic N) is 1. The first-order valence-corrected chi connectivity index (χ1v) is 9.23. The lowest BCUT2D eigenvalue weighted by atomic mass is 10.2. The molecule has 5 nitrogen and oxygen atoms in total. The lowest BCUT2D eigenvalue weighted by Gasteiger charge is -2.28. The standard InChI is InChI=1S/C15H12BrClFNO4S/c1-9(15(20)21)19(14-7-2-10(16)8-13(14)17)24(22,23)12-5-3-11(18)4-6-12/h2-9H,1H3,(H,20,21). The van der Waals surface area contributed by atoms with Gasteiger partial charge in [-0.1, -0.05) is 27.5 Å². The van der Waals surface area contributed by atoms with Crippen molar-refractivity contribution >= 4 is 49.2 Å².